The van der Waals surface area contributed by atoms with Crippen LogP contribution in [0.3, 0.4) is 0 Å². The summed E-state index contributed by atoms with van der Waals surface area (Å²) in [4.78, 5) is 24.5. The highest BCUT2D eigenvalue weighted by Crippen LogP contribution is 2.70. The molecule has 3 fully saturated rings. The smallest absolute Gasteiger partial charge is 0.328 e. The average Bonchev–Trinajstić information content (AvgIpc) is 3.25. The molecule has 1 saturated heterocycles. The maximum absolute atomic E-state index is 12.4. The number of imidazole rings is 1. The molecule has 2 aromatic rings. The van der Waals surface area contributed by atoms with Gasteiger partial charge in [0, 0.05) is 33.7 Å². The SMILES string of the molecule is CC(=O)N[C@H]1C(C)(C)[C@@H]2C[C@@H]3[C@@H](c4cc5c(cc4C)n(C)c(=O)n5C)OCCC31C2. The van der Waals surface area contributed by atoms with Crippen LogP contribution in [0.1, 0.15) is 57.3 Å². The number of aryl methyl sites for hydroxylation is 3. The van der Waals surface area contributed by atoms with Crippen LogP contribution in [0.25, 0.3) is 11.0 Å². The molecular formula is C24H33N3O3. The summed E-state index contributed by atoms with van der Waals surface area (Å²) < 4.78 is 9.88. The molecule has 3 aliphatic rings. The number of nitrogens with one attached hydrogen (secondary N) is 1. The zero-order valence-electron chi connectivity index (χ0n) is 18.9. The summed E-state index contributed by atoms with van der Waals surface area (Å²) in [5, 5.41) is 3.35. The molecule has 2 aliphatic carbocycles. The largest absolute Gasteiger partial charge is 0.373 e. The van der Waals surface area contributed by atoms with Crippen molar-refractivity contribution < 1.29 is 9.53 Å². The second kappa shape index (κ2) is 6.22. The third-order valence-electron chi connectivity index (χ3n) is 8.82. The van der Waals surface area contributed by atoms with Gasteiger partial charge in [-0.2, -0.15) is 0 Å². The van der Waals surface area contributed by atoms with E-state index in [2.05, 4.69) is 38.2 Å². The summed E-state index contributed by atoms with van der Waals surface area (Å²) in [6, 6.07) is 4.47. The Morgan fingerprint density at radius 1 is 1.20 bits per heavy atom. The van der Waals surface area contributed by atoms with E-state index in [1.807, 2.05) is 14.1 Å². The number of aromatic nitrogens is 2. The Kier molecular flexibility index (Phi) is 4.12. The Hall–Kier alpha value is -2.08. The number of fused-ring (bicyclic) bond motifs is 2. The van der Waals surface area contributed by atoms with Gasteiger partial charge in [0.15, 0.2) is 0 Å². The predicted octanol–water partition coefficient (Wildman–Crippen LogP) is 3.20. The van der Waals surface area contributed by atoms with Crippen molar-refractivity contribution in [2.75, 3.05) is 6.61 Å². The lowest BCUT2D eigenvalue weighted by Gasteiger charge is -2.53. The minimum atomic E-state index is -0.00465. The van der Waals surface area contributed by atoms with E-state index in [1.54, 1.807) is 16.1 Å². The molecule has 1 amide bonds. The van der Waals surface area contributed by atoms with Gasteiger partial charge >= 0.3 is 5.69 Å². The summed E-state index contributed by atoms with van der Waals surface area (Å²) in [6.45, 7) is 9.12. The quantitative estimate of drug-likeness (QED) is 0.825. The fraction of sp³-hybridized carbons (Fsp3) is 0.667. The van der Waals surface area contributed by atoms with Gasteiger partial charge in [0.2, 0.25) is 5.91 Å². The molecule has 6 heteroatoms. The first-order chi connectivity index (χ1) is 14.1. The minimum absolute atomic E-state index is 0.00465. The zero-order chi connectivity index (χ0) is 21.6. The van der Waals surface area contributed by atoms with Gasteiger partial charge in [0.1, 0.15) is 0 Å². The predicted molar refractivity (Wildman–Crippen MR) is 116 cm³/mol. The molecular weight excluding hydrogens is 378 g/mol. The standard InChI is InChI=1S/C24H33N3O3/c1-13-9-18-19(27(6)22(29)26(18)5)11-16(13)20-17-10-15-12-24(17,7-8-30-20)21(23(15,3)4)25-14(2)28/h9,11,15,17,20-21H,7-8,10,12H2,1-6H3,(H,25,28)/t15-,17-,20-,21+,24?/m1/s1. The minimum Gasteiger partial charge on any atom is -0.373 e. The topological polar surface area (TPSA) is 65.3 Å². The zero-order valence-corrected chi connectivity index (χ0v) is 18.9. The van der Waals surface area contributed by atoms with E-state index in [0.29, 0.717) is 18.4 Å². The van der Waals surface area contributed by atoms with Crippen LogP contribution < -0.4 is 11.0 Å². The lowest BCUT2D eigenvalue weighted by Crippen LogP contribution is -2.58. The molecule has 30 heavy (non-hydrogen) atoms. The number of benzene rings is 1. The van der Waals surface area contributed by atoms with Crippen LogP contribution >= 0.6 is 0 Å². The highest BCUT2D eigenvalue weighted by Gasteiger charge is 2.68. The number of hydrogen-bond acceptors (Lipinski definition) is 3. The van der Waals surface area contributed by atoms with Crippen molar-refractivity contribution in [2.24, 2.45) is 36.8 Å². The monoisotopic (exact) mass is 411 g/mol. The van der Waals surface area contributed by atoms with Crippen molar-refractivity contribution in [3.05, 3.63) is 33.7 Å². The highest BCUT2D eigenvalue weighted by atomic mass is 16.5. The van der Waals surface area contributed by atoms with Crippen LogP contribution in [0.5, 0.6) is 0 Å². The maximum atomic E-state index is 12.4. The van der Waals surface area contributed by atoms with Crippen LogP contribution in [-0.2, 0) is 23.6 Å². The first kappa shape index (κ1) is 19.9. The van der Waals surface area contributed by atoms with Crippen LogP contribution in [0.2, 0.25) is 0 Å². The summed E-state index contributed by atoms with van der Waals surface area (Å²) in [5.41, 5.74) is 4.46. The molecule has 2 saturated carbocycles. The van der Waals surface area contributed by atoms with E-state index in [1.165, 1.54) is 17.5 Å². The van der Waals surface area contributed by atoms with E-state index < -0.39 is 0 Å². The third-order valence-corrected chi connectivity index (χ3v) is 8.82. The molecule has 2 heterocycles. The van der Waals surface area contributed by atoms with Crippen molar-refractivity contribution in [3.8, 4) is 0 Å². The molecule has 2 bridgehead atoms. The average molecular weight is 412 g/mol. The number of carbonyl (C=O) groups excluding carboxylic acids is 1. The lowest BCUT2D eigenvalue weighted by molar-refractivity contribution is -0.136. The summed E-state index contributed by atoms with van der Waals surface area (Å²) >= 11 is 0. The number of rotatable bonds is 2. The molecule has 1 unspecified atom stereocenters. The second-order valence-electron chi connectivity index (χ2n) is 10.6. The normalized spacial score (nSPS) is 34.3. The van der Waals surface area contributed by atoms with E-state index in [9.17, 15) is 9.59 Å². The maximum Gasteiger partial charge on any atom is 0.328 e. The van der Waals surface area contributed by atoms with Crippen molar-refractivity contribution in [3.63, 3.8) is 0 Å². The van der Waals surface area contributed by atoms with Crippen molar-refractivity contribution in [1.82, 2.24) is 14.5 Å². The Morgan fingerprint density at radius 3 is 2.53 bits per heavy atom. The highest BCUT2D eigenvalue weighted by molar-refractivity contribution is 5.78. The first-order valence-corrected chi connectivity index (χ1v) is 11.1. The summed E-state index contributed by atoms with van der Waals surface area (Å²) in [5.74, 6) is 1.04. The molecule has 5 rings (SSSR count). The third kappa shape index (κ3) is 2.40. The number of hydrogen-bond donors (Lipinski definition) is 1. The fourth-order valence-corrected chi connectivity index (χ4v) is 7.27. The molecule has 1 N–H and O–H groups in total. The summed E-state index contributed by atoms with van der Waals surface area (Å²) in [6.07, 6.45) is 3.32. The first-order valence-electron chi connectivity index (χ1n) is 11.1. The molecule has 162 valence electrons. The van der Waals surface area contributed by atoms with Crippen molar-refractivity contribution >= 4 is 16.9 Å². The van der Waals surface area contributed by atoms with Crippen molar-refractivity contribution in [2.45, 2.75) is 59.1 Å². The van der Waals surface area contributed by atoms with E-state index in [-0.39, 0.29) is 34.6 Å². The molecule has 1 spiro atoms. The Balaban J connectivity index is 1.61. The van der Waals surface area contributed by atoms with Crippen LogP contribution in [0, 0.1) is 29.6 Å². The lowest BCUT2D eigenvalue weighted by atomic mass is 9.58. The van der Waals surface area contributed by atoms with Gasteiger partial charge in [-0.3, -0.25) is 13.9 Å². The molecule has 1 aliphatic heterocycles. The molecule has 1 aromatic heterocycles. The molecule has 0 radical (unpaired) electrons. The Labute approximate surface area is 177 Å². The van der Waals surface area contributed by atoms with Crippen molar-refractivity contribution in [1.29, 1.82) is 0 Å². The van der Waals surface area contributed by atoms with Gasteiger partial charge in [-0.05, 0) is 72.1 Å². The summed E-state index contributed by atoms with van der Waals surface area (Å²) in [7, 11) is 3.66. The van der Waals surface area contributed by atoms with Crippen LogP contribution in [-0.4, -0.2) is 27.7 Å². The number of nitrogens with zero attached hydrogens (tertiary/aromatic N) is 2. The van der Waals surface area contributed by atoms with Crippen LogP contribution in [0.4, 0.5) is 0 Å². The van der Waals surface area contributed by atoms with Crippen LogP contribution in [0.15, 0.2) is 16.9 Å². The fourth-order valence-electron chi connectivity index (χ4n) is 7.27. The van der Waals surface area contributed by atoms with Gasteiger partial charge in [-0.15, -0.1) is 0 Å². The number of carbonyl (C=O) groups is 1. The van der Waals surface area contributed by atoms with Gasteiger partial charge in [0.05, 0.1) is 17.1 Å². The van der Waals surface area contributed by atoms with E-state index in [4.69, 9.17) is 4.74 Å². The van der Waals surface area contributed by atoms with Gasteiger partial charge in [0.25, 0.3) is 0 Å². The van der Waals surface area contributed by atoms with Gasteiger partial charge in [-0.25, -0.2) is 4.79 Å². The number of ether oxygens (including phenoxy) is 1. The Bertz CT molecular complexity index is 1110. The molecule has 1 aromatic carbocycles. The van der Waals surface area contributed by atoms with Gasteiger partial charge in [-0.1, -0.05) is 13.8 Å². The molecule has 6 nitrogen and oxygen atoms in total. The van der Waals surface area contributed by atoms with E-state index in [0.717, 1.165) is 23.9 Å². The number of amides is 1. The Morgan fingerprint density at radius 2 is 1.87 bits per heavy atom. The molecule has 5 atom stereocenters. The van der Waals surface area contributed by atoms with E-state index >= 15 is 0 Å². The second-order valence-corrected chi connectivity index (χ2v) is 10.6. The van der Waals surface area contributed by atoms with Gasteiger partial charge < -0.3 is 10.1 Å².